The zero-order valence-corrected chi connectivity index (χ0v) is 14.3. The van der Waals surface area contributed by atoms with E-state index in [1.165, 1.54) is 50.0 Å². The molecule has 1 aliphatic carbocycles. The number of nitro groups is 1. The highest BCUT2D eigenvalue weighted by atomic mass is 32.1. The van der Waals surface area contributed by atoms with Crippen molar-refractivity contribution in [2.75, 3.05) is 0 Å². The predicted octanol–water partition coefficient (Wildman–Crippen LogP) is 4.25. The summed E-state index contributed by atoms with van der Waals surface area (Å²) in [6, 6.07) is 3.30. The Hall–Kier alpha value is -2.02. The maximum atomic E-state index is 12.2. The molecule has 0 bridgehead atoms. The van der Waals surface area contributed by atoms with Crippen LogP contribution >= 0.6 is 11.3 Å². The average molecular weight is 347 g/mol. The minimum atomic E-state index is -0.482. The van der Waals surface area contributed by atoms with Crippen molar-refractivity contribution in [2.24, 2.45) is 5.92 Å². The second-order valence-corrected chi connectivity index (χ2v) is 7.31. The molecule has 0 aliphatic heterocycles. The van der Waals surface area contributed by atoms with Crippen LogP contribution in [0.15, 0.2) is 23.7 Å². The monoisotopic (exact) mass is 347 g/mol. The van der Waals surface area contributed by atoms with Crippen LogP contribution in [-0.4, -0.2) is 20.5 Å². The second kappa shape index (κ2) is 7.70. The molecule has 0 unspecified atom stereocenters. The van der Waals surface area contributed by atoms with Gasteiger partial charge in [-0.25, -0.2) is 0 Å². The molecule has 0 amide bonds. The molecule has 2 aromatic rings. The van der Waals surface area contributed by atoms with Crippen LogP contribution in [-0.2, 0) is 13.0 Å². The Morgan fingerprint density at radius 1 is 1.38 bits per heavy atom. The molecule has 1 aliphatic rings. The number of aryl methyl sites for hydroxylation is 1. The number of hydrogen-bond donors (Lipinski definition) is 0. The van der Waals surface area contributed by atoms with Gasteiger partial charge in [0.1, 0.15) is 6.54 Å². The quantitative estimate of drug-likeness (QED) is 0.426. The molecule has 3 rings (SSSR count). The van der Waals surface area contributed by atoms with Gasteiger partial charge in [0.15, 0.2) is 5.78 Å². The molecule has 0 N–H and O–H groups in total. The maximum Gasteiger partial charge on any atom is 0.280 e. The van der Waals surface area contributed by atoms with Crippen molar-refractivity contribution >= 4 is 22.8 Å². The number of carbonyl (C=O) groups is 1. The Morgan fingerprint density at radius 2 is 2.17 bits per heavy atom. The molecule has 0 radical (unpaired) electrons. The van der Waals surface area contributed by atoms with E-state index in [1.54, 1.807) is 4.68 Å². The van der Waals surface area contributed by atoms with Gasteiger partial charge in [0.2, 0.25) is 0 Å². The van der Waals surface area contributed by atoms with Gasteiger partial charge in [0.25, 0.3) is 5.69 Å². The van der Waals surface area contributed by atoms with Crippen molar-refractivity contribution < 1.29 is 9.72 Å². The van der Waals surface area contributed by atoms with Crippen LogP contribution in [0.4, 0.5) is 5.69 Å². The van der Waals surface area contributed by atoms with Gasteiger partial charge in [-0.3, -0.25) is 19.6 Å². The van der Waals surface area contributed by atoms with Crippen molar-refractivity contribution in [3.8, 4) is 0 Å². The number of carbonyl (C=O) groups excluding carboxylic acids is 1. The SMILES string of the molecule is O=C(Cn1ccc(CCC2CCCCC2)n1)c1cc([N+](=O)[O-])cs1. The van der Waals surface area contributed by atoms with Gasteiger partial charge in [-0.2, -0.15) is 5.10 Å². The normalized spacial score (nSPS) is 15.5. The van der Waals surface area contributed by atoms with E-state index in [2.05, 4.69) is 5.10 Å². The Balaban J connectivity index is 1.52. The van der Waals surface area contributed by atoms with Gasteiger partial charge in [-0.05, 0) is 24.8 Å². The summed E-state index contributed by atoms with van der Waals surface area (Å²) >= 11 is 1.11. The van der Waals surface area contributed by atoms with E-state index >= 15 is 0 Å². The number of hydrogen-bond acceptors (Lipinski definition) is 5. The first-order valence-corrected chi connectivity index (χ1v) is 9.28. The zero-order chi connectivity index (χ0) is 16.9. The summed E-state index contributed by atoms with van der Waals surface area (Å²) in [5, 5.41) is 16.5. The van der Waals surface area contributed by atoms with Crippen LogP contribution in [0.2, 0.25) is 0 Å². The van der Waals surface area contributed by atoms with Gasteiger partial charge >= 0.3 is 0 Å². The third-order valence-corrected chi connectivity index (χ3v) is 5.57. The molecule has 6 nitrogen and oxygen atoms in total. The lowest BCUT2D eigenvalue weighted by Crippen LogP contribution is -2.10. The fourth-order valence-electron chi connectivity index (χ4n) is 3.25. The van der Waals surface area contributed by atoms with Gasteiger partial charge in [-0.15, -0.1) is 11.3 Å². The molecule has 7 heteroatoms. The van der Waals surface area contributed by atoms with Gasteiger partial charge < -0.3 is 0 Å². The van der Waals surface area contributed by atoms with Gasteiger partial charge in [0, 0.05) is 12.3 Å². The summed E-state index contributed by atoms with van der Waals surface area (Å²) in [4.78, 5) is 22.8. The molecule has 2 aromatic heterocycles. The Kier molecular flexibility index (Phi) is 5.40. The number of nitrogens with zero attached hydrogens (tertiary/aromatic N) is 3. The predicted molar refractivity (Wildman–Crippen MR) is 92.4 cm³/mol. The number of Topliss-reactive ketones (excluding diaryl/α,β-unsaturated/α-hetero) is 1. The molecule has 0 atom stereocenters. The van der Waals surface area contributed by atoms with Gasteiger partial charge in [-0.1, -0.05) is 32.1 Å². The number of ketones is 1. The molecule has 24 heavy (non-hydrogen) atoms. The van der Waals surface area contributed by atoms with Crippen LogP contribution in [0, 0.1) is 16.0 Å². The minimum absolute atomic E-state index is 0.0306. The summed E-state index contributed by atoms with van der Waals surface area (Å²) in [5.41, 5.74) is 0.988. The molecule has 0 aromatic carbocycles. The van der Waals surface area contributed by atoms with Crippen molar-refractivity contribution in [1.82, 2.24) is 9.78 Å². The van der Waals surface area contributed by atoms with Crippen molar-refractivity contribution in [3.05, 3.63) is 44.4 Å². The highest BCUT2D eigenvalue weighted by Gasteiger charge is 2.17. The van der Waals surface area contributed by atoms with E-state index in [1.807, 2.05) is 12.3 Å². The van der Waals surface area contributed by atoms with Gasteiger partial charge in [0.05, 0.1) is 20.9 Å². The summed E-state index contributed by atoms with van der Waals surface area (Å²) in [5.74, 6) is 0.673. The first-order valence-electron chi connectivity index (χ1n) is 8.40. The Morgan fingerprint density at radius 3 is 2.88 bits per heavy atom. The smallest absolute Gasteiger partial charge is 0.280 e. The molecule has 1 fully saturated rings. The molecular weight excluding hydrogens is 326 g/mol. The summed E-state index contributed by atoms with van der Waals surface area (Å²) in [6.07, 6.45) is 10.7. The van der Waals surface area contributed by atoms with Crippen LogP contribution in [0.25, 0.3) is 0 Å². The van der Waals surface area contributed by atoms with Crippen LogP contribution in [0.5, 0.6) is 0 Å². The molecule has 2 heterocycles. The molecule has 128 valence electrons. The first kappa shape index (κ1) is 16.8. The lowest BCUT2D eigenvalue weighted by Gasteiger charge is -2.20. The lowest BCUT2D eigenvalue weighted by atomic mass is 9.86. The topological polar surface area (TPSA) is 78.0 Å². The van der Waals surface area contributed by atoms with Crippen LogP contribution < -0.4 is 0 Å². The summed E-state index contributed by atoms with van der Waals surface area (Å²) in [7, 11) is 0. The van der Waals surface area contributed by atoms with Crippen LogP contribution in [0.1, 0.15) is 53.9 Å². The molecule has 1 saturated carbocycles. The average Bonchev–Trinajstić information content (AvgIpc) is 3.23. The van der Waals surface area contributed by atoms with E-state index in [4.69, 9.17) is 0 Å². The lowest BCUT2D eigenvalue weighted by molar-refractivity contribution is -0.384. The number of thiophene rings is 1. The first-order chi connectivity index (χ1) is 11.6. The van der Waals surface area contributed by atoms with E-state index in [9.17, 15) is 14.9 Å². The Bertz CT molecular complexity index is 716. The zero-order valence-electron chi connectivity index (χ0n) is 13.5. The highest BCUT2D eigenvalue weighted by molar-refractivity contribution is 7.12. The minimum Gasteiger partial charge on any atom is -0.291 e. The third-order valence-electron chi connectivity index (χ3n) is 4.61. The third kappa shape index (κ3) is 4.29. The fourth-order valence-corrected chi connectivity index (χ4v) is 4.03. The largest absolute Gasteiger partial charge is 0.291 e. The maximum absolute atomic E-state index is 12.2. The standard InChI is InChI=1S/C17H21N3O3S/c21-16(17-10-15(12-24-17)20(22)23)11-19-9-8-14(18-19)7-6-13-4-2-1-3-5-13/h8-10,12-13H,1-7,11H2. The van der Waals surface area contributed by atoms with E-state index in [0.29, 0.717) is 4.88 Å². The summed E-state index contributed by atoms with van der Waals surface area (Å²) in [6.45, 7) is 0.126. The van der Waals surface area contributed by atoms with Crippen molar-refractivity contribution in [2.45, 2.75) is 51.5 Å². The molecule has 0 saturated heterocycles. The number of rotatable bonds is 7. The second-order valence-electron chi connectivity index (χ2n) is 6.40. The van der Waals surface area contributed by atoms with E-state index < -0.39 is 4.92 Å². The molecular formula is C17H21N3O3S. The molecule has 0 spiro atoms. The Labute approximate surface area is 144 Å². The van der Waals surface area contributed by atoms with Crippen molar-refractivity contribution in [1.29, 1.82) is 0 Å². The fraction of sp³-hybridized carbons (Fsp3) is 0.529. The van der Waals surface area contributed by atoms with E-state index in [0.717, 1.165) is 29.4 Å². The van der Waals surface area contributed by atoms with E-state index in [-0.39, 0.29) is 18.0 Å². The number of aromatic nitrogens is 2. The summed E-state index contributed by atoms with van der Waals surface area (Å²) < 4.78 is 1.63. The van der Waals surface area contributed by atoms with Crippen molar-refractivity contribution in [3.63, 3.8) is 0 Å². The van der Waals surface area contributed by atoms with Crippen LogP contribution in [0.3, 0.4) is 0 Å². The highest BCUT2D eigenvalue weighted by Crippen LogP contribution is 2.27.